The standard InChI is InChI=1S/C16H15F3N2O2/c1-10-8-13(20-23-10)14-6-3-7-21(14)15(22)11-4-2-5-12(9-11)16(17,18)19/h2,4-5,8-9,14H,3,6-7H2,1H3. The third-order valence-corrected chi connectivity index (χ3v) is 3.94. The topological polar surface area (TPSA) is 46.3 Å². The molecule has 2 aromatic rings. The first kappa shape index (κ1) is 15.6. The van der Waals surface area contributed by atoms with E-state index < -0.39 is 17.6 Å². The summed E-state index contributed by atoms with van der Waals surface area (Å²) in [4.78, 5) is 14.2. The minimum Gasteiger partial charge on any atom is -0.361 e. The number of hydrogen-bond acceptors (Lipinski definition) is 3. The van der Waals surface area contributed by atoms with Crippen LogP contribution >= 0.6 is 0 Å². The molecular formula is C16H15F3N2O2. The fourth-order valence-corrected chi connectivity index (χ4v) is 2.85. The van der Waals surface area contributed by atoms with Crippen LogP contribution in [-0.2, 0) is 6.18 Å². The van der Waals surface area contributed by atoms with E-state index in [-0.39, 0.29) is 11.6 Å². The molecule has 7 heteroatoms. The van der Waals surface area contributed by atoms with Gasteiger partial charge < -0.3 is 9.42 Å². The summed E-state index contributed by atoms with van der Waals surface area (Å²) < 4.78 is 43.5. The zero-order chi connectivity index (χ0) is 16.6. The van der Waals surface area contributed by atoms with Gasteiger partial charge in [0.15, 0.2) is 0 Å². The fraction of sp³-hybridized carbons (Fsp3) is 0.375. The van der Waals surface area contributed by atoms with Gasteiger partial charge in [-0.2, -0.15) is 13.2 Å². The molecule has 3 rings (SSSR count). The Hall–Kier alpha value is -2.31. The molecule has 2 heterocycles. The molecule has 1 unspecified atom stereocenters. The quantitative estimate of drug-likeness (QED) is 0.839. The van der Waals surface area contributed by atoms with Crippen LogP contribution in [0.25, 0.3) is 0 Å². The van der Waals surface area contributed by atoms with Gasteiger partial charge >= 0.3 is 6.18 Å². The highest BCUT2D eigenvalue weighted by atomic mass is 19.4. The minimum atomic E-state index is -4.47. The van der Waals surface area contributed by atoms with Gasteiger partial charge in [0, 0.05) is 18.2 Å². The molecule has 1 fully saturated rings. The Morgan fingerprint density at radius 1 is 1.35 bits per heavy atom. The number of carbonyl (C=O) groups excluding carboxylic acids is 1. The Morgan fingerprint density at radius 2 is 2.13 bits per heavy atom. The number of hydrogen-bond donors (Lipinski definition) is 0. The molecule has 1 aliphatic heterocycles. The number of nitrogens with zero attached hydrogens (tertiary/aromatic N) is 2. The third kappa shape index (κ3) is 3.09. The number of benzene rings is 1. The molecule has 0 N–H and O–H groups in total. The summed E-state index contributed by atoms with van der Waals surface area (Å²) in [5.74, 6) is 0.220. The van der Waals surface area contributed by atoms with Crippen LogP contribution in [0, 0.1) is 6.92 Å². The molecule has 0 bridgehead atoms. The van der Waals surface area contributed by atoms with Crippen molar-refractivity contribution < 1.29 is 22.5 Å². The lowest BCUT2D eigenvalue weighted by Gasteiger charge is -2.23. The van der Waals surface area contributed by atoms with Gasteiger partial charge in [-0.15, -0.1) is 0 Å². The first-order chi connectivity index (χ1) is 10.9. The minimum absolute atomic E-state index is 0.0342. The lowest BCUT2D eigenvalue weighted by atomic mass is 10.1. The summed E-state index contributed by atoms with van der Waals surface area (Å²) in [6, 6.07) is 6.00. The van der Waals surface area contributed by atoms with Crippen LogP contribution in [-0.4, -0.2) is 22.5 Å². The van der Waals surface area contributed by atoms with Crippen molar-refractivity contribution in [1.82, 2.24) is 10.1 Å². The second kappa shape index (κ2) is 5.72. The van der Waals surface area contributed by atoms with E-state index in [0.29, 0.717) is 18.0 Å². The molecule has 0 spiro atoms. The van der Waals surface area contributed by atoms with Crippen molar-refractivity contribution in [2.24, 2.45) is 0 Å². The zero-order valence-electron chi connectivity index (χ0n) is 12.4. The Labute approximate surface area is 130 Å². The van der Waals surface area contributed by atoms with E-state index >= 15 is 0 Å². The molecule has 1 aromatic heterocycles. The van der Waals surface area contributed by atoms with Crippen molar-refractivity contribution in [2.75, 3.05) is 6.54 Å². The van der Waals surface area contributed by atoms with Crippen molar-refractivity contribution in [3.63, 3.8) is 0 Å². The molecular weight excluding hydrogens is 309 g/mol. The Kier molecular flexibility index (Phi) is 3.87. The highest BCUT2D eigenvalue weighted by Crippen LogP contribution is 2.34. The van der Waals surface area contributed by atoms with Crippen LogP contribution in [0.4, 0.5) is 13.2 Å². The highest BCUT2D eigenvalue weighted by molar-refractivity contribution is 5.94. The van der Waals surface area contributed by atoms with E-state index in [0.717, 1.165) is 25.0 Å². The average Bonchev–Trinajstić information content (AvgIpc) is 3.14. The van der Waals surface area contributed by atoms with Crippen molar-refractivity contribution in [3.8, 4) is 0 Å². The van der Waals surface area contributed by atoms with E-state index in [9.17, 15) is 18.0 Å². The SMILES string of the molecule is Cc1cc(C2CCCN2C(=O)c2cccc(C(F)(F)F)c2)no1. The van der Waals surface area contributed by atoms with Gasteiger partial charge in [0.25, 0.3) is 5.91 Å². The van der Waals surface area contributed by atoms with Crippen LogP contribution in [0.1, 0.15) is 46.3 Å². The van der Waals surface area contributed by atoms with Crippen molar-refractivity contribution in [3.05, 3.63) is 52.9 Å². The van der Waals surface area contributed by atoms with Gasteiger partial charge in [0.2, 0.25) is 0 Å². The highest BCUT2D eigenvalue weighted by Gasteiger charge is 2.35. The predicted molar refractivity (Wildman–Crippen MR) is 75.7 cm³/mol. The molecule has 0 aliphatic carbocycles. The lowest BCUT2D eigenvalue weighted by Crippen LogP contribution is -2.31. The van der Waals surface area contributed by atoms with Crippen LogP contribution in [0.3, 0.4) is 0 Å². The molecule has 1 aliphatic rings. The van der Waals surface area contributed by atoms with E-state index in [1.807, 2.05) is 0 Å². The summed E-state index contributed by atoms with van der Waals surface area (Å²) in [5.41, 5.74) is -0.149. The average molecular weight is 324 g/mol. The van der Waals surface area contributed by atoms with E-state index in [4.69, 9.17) is 4.52 Å². The number of aryl methyl sites for hydroxylation is 1. The first-order valence-electron chi connectivity index (χ1n) is 7.28. The smallest absolute Gasteiger partial charge is 0.361 e. The van der Waals surface area contributed by atoms with Gasteiger partial charge in [0.05, 0.1) is 11.6 Å². The molecule has 0 radical (unpaired) electrons. The molecule has 23 heavy (non-hydrogen) atoms. The zero-order valence-corrected chi connectivity index (χ0v) is 12.4. The summed E-state index contributed by atoms with van der Waals surface area (Å²) in [6.45, 7) is 2.25. The van der Waals surface area contributed by atoms with Gasteiger partial charge in [-0.1, -0.05) is 11.2 Å². The number of alkyl halides is 3. The third-order valence-electron chi connectivity index (χ3n) is 3.94. The van der Waals surface area contributed by atoms with Crippen LogP contribution < -0.4 is 0 Å². The second-order valence-electron chi connectivity index (χ2n) is 5.60. The van der Waals surface area contributed by atoms with E-state index in [1.165, 1.54) is 12.1 Å². The van der Waals surface area contributed by atoms with E-state index in [2.05, 4.69) is 5.16 Å². The fourth-order valence-electron chi connectivity index (χ4n) is 2.85. The van der Waals surface area contributed by atoms with Crippen LogP contribution in [0.2, 0.25) is 0 Å². The number of carbonyl (C=O) groups is 1. The molecule has 1 saturated heterocycles. The largest absolute Gasteiger partial charge is 0.416 e. The van der Waals surface area contributed by atoms with Crippen molar-refractivity contribution in [2.45, 2.75) is 32.0 Å². The number of halogens is 3. The molecule has 1 amide bonds. The molecule has 4 nitrogen and oxygen atoms in total. The summed E-state index contributed by atoms with van der Waals surface area (Å²) in [5, 5.41) is 3.93. The monoisotopic (exact) mass is 324 g/mol. The van der Waals surface area contributed by atoms with Gasteiger partial charge in [-0.25, -0.2) is 0 Å². The Balaban J connectivity index is 1.87. The Morgan fingerprint density at radius 3 is 2.78 bits per heavy atom. The summed E-state index contributed by atoms with van der Waals surface area (Å²) in [7, 11) is 0. The summed E-state index contributed by atoms with van der Waals surface area (Å²) >= 11 is 0. The molecule has 0 saturated carbocycles. The number of aromatic nitrogens is 1. The van der Waals surface area contributed by atoms with Gasteiger partial charge in [-0.3, -0.25) is 4.79 Å². The number of likely N-dealkylation sites (tertiary alicyclic amines) is 1. The van der Waals surface area contributed by atoms with Gasteiger partial charge in [0.1, 0.15) is 11.5 Å². The number of rotatable bonds is 2. The van der Waals surface area contributed by atoms with E-state index in [1.54, 1.807) is 17.9 Å². The van der Waals surface area contributed by atoms with Crippen molar-refractivity contribution in [1.29, 1.82) is 0 Å². The maximum Gasteiger partial charge on any atom is 0.416 e. The van der Waals surface area contributed by atoms with Crippen molar-refractivity contribution >= 4 is 5.91 Å². The molecule has 122 valence electrons. The normalized spacial score (nSPS) is 18.4. The maximum absolute atomic E-state index is 12.8. The van der Waals surface area contributed by atoms with Gasteiger partial charge in [-0.05, 0) is 38.0 Å². The van der Waals surface area contributed by atoms with Crippen LogP contribution in [0.15, 0.2) is 34.9 Å². The maximum atomic E-state index is 12.8. The molecule has 1 aromatic carbocycles. The number of amides is 1. The lowest BCUT2D eigenvalue weighted by molar-refractivity contribution is -0.137. The predicted octanol–water partition coefficient (Wildman–Crippen LogP) is 3.98. The molecule has 1 atom stereocenters. The first-order valence-corrected chi connectivity index (χ1v) is 7.28. The van der Waals surface area contributed by atoms with Crippen LogP contribution in [0.5, 0.6) is 0 Å². The Bertz CT molecular complexity index is 724. The second-order valence-corrected chi connectivity index (χ2v) is 5.60. The summed E-state index contributed by atoms with van der Waals surface area (Å²) in [6.07, 6.45) is -2.97.